The lowest BCUT2D eigenvalue weighted by molar-refractivity contribution is -0.120. The van der Waals surface area contributed by atoms with Gasteiger partial charge in [0.15, 0.2) is 0 Å². The summed E-state index contributed by atoms with van der Waals surface area (Å²) in [6.07, 6.45) is 0. The standard InChI is InChI=1S/C12H15ClN2O/c1-8-6-14-7-11(8)12(16)15-10-4-2-3-9(13)5-10/h2-5,8,11,14H,6-7H2,1H3,(H,15,16). The maximum Gasteiger partial charge on any atom is 0.229 e. The van der Waals surface area contributed by atoms with Crippen LogP contribution in [0.4, 0.5) is 5.69 Å². The zero-order valence-electron chi connectivity index (χ0n) is 9.16. The Morgan fingerprint density at radius 3 is 2.94 bits per heavy atom. The molecule has 1 saturated heterocycles. The summed E-state index contributed by atoms with van der Waals surface area (Å²) in [5, 5.41) is 6.74. The van der Waals surface area contributed by atoms with Crippen molar-refractivity contribution in [2.24, 2.45) is 11.8 Å². The van der Waals surface area contributed by atoms with E-state index in [0.717, 1.165) is 18.8 Å². The van der Waals surface area contributed by atoms with E-state index in [1.165, 1.54) is 0 Å². The van der Waals surface area contributed by atoms with E-state index in [-0.39, 0.29) is 11.8 Å². The highest BCUT2D eigenvalue weighted by molar-refractivity contribution is 6.30. The van der Waals surface area contributed by atoms with Crippen molar-refractivity contribution < 1.29 is 4.79 Å². The van der Waals surface area contributed by atoms with E-state index in [0.29, 0.717) is 10.9 Å². The molecule has 0 bridgehead atoms. The van der Waals surface area contributed by atoms with Gasteiger partial charge >= 0.3 is 0 Å². The van der Waals surface area contributed by atoms with E-state index in [2.05, 4.69) is 17.6 Å². The molecule has 1 fully saturated rings. The Hall–Kier alpha value is -1.06. The van der Waals surface area contributed by atoms with Crippen LogP contribution < -0.4 is 10.6 Å². The van der Waals surface area contributed by atoms with Crippen LogP contribution >= 0.6 is 11.6 Å². The van der Waals surface area contributed by atoms with Gasteiger partial charge in [0.25, 0.3) is 0 Å². The minimum absolute atomic E-state index is 0.0546. The molecule has 2 rings (SSSR count). The molecule has 1 heterocycles. The minimum Gasteiger partial charge on any atom is -0.326 e. The molecule has 4 heteroatoms. The van der Waals surface area contributed by atoms with Gasteiger partial charge in [-0.1, -0.05) is 24.6 Å². The van der Waals surface area contributed by atoms with Crippen LogP contribution in [-0.2, 0) is 4.79 Å². The molecule has 1 aromatic carbocycles. The van der Waals surface area contributed by atoms with Crippen LogP contribution in [0.3, 0.4) is 0 Å². The Morgan fingerprint density at radius 1 is 1.50 bits per heavy atom. The highest BCUT2D eigenvalue weighted by Crippen LogP contribution is 2.20. The number of nitrogens with one attached hydrogen (secondary N) is 2. The fourth-order valence-corrected chi connectivity index (χ4v) is 2.15. The van der Waals surface area contributed by atoms with Crippen molar-refractivity contribution in [2.45, 2.75) is 6.92 Å². The molecule has 2 unspecified atom stereocenters. The monoisotopic (exact) mass is 238 g/mol. The highest BCUT2D eigenvalue weighted by Gasteiger charge is 2.29. The van der Waals surface area contributed by atoms with E-state index in [9.17, 15) is 4.79 Å². The number of anilines is 1. The first-order valence-corrected chi connectivity index (χ1v) is 5.82. The van der Waals surface area contributed by atoms with Crippen molar-refractivity contribution in [3.63, 3.8) is 0 Å². The van der Waals surface area contributed by atoms with Gasteiger partial charge in [-0.15, -0.1) is 0 Å². The summed E-state index contributed by atoms with van der Waals surface area (Å²) in [4.78, 5) is 11.9. The second-order valence-corrected chi connectivity index (χ2v) is 4.68. The van der Waals surface area contributed by atoms with Crippen molar-refractivity contribution in [3.8, 4) is 0 Å². The first-order valence-electron chi connectivity index (χ1n) is 5.44. The van der Waals surface area contributed by atoms with Crippen LogP contribution in [-0.4, -0.2) is 19.0 Å². The zero-order valence-corrected chi connectivity index (χ0v) is 9.92. The number of hydrogen-bond donors (Lipinski definition) is 2. The molecule has 2 N–H and O–H groups in total. The summed E-state index contributed by atoms with van der Waals surface area (Å²) in [5.41, 5.74) is 0.761. The third-order valence-corrected chi connectivity index (χ3v) is 3.18. The first kappa shape index (κ1) is 11.4. The number of rotatable bonds is 2. The molecule has 0 aliphatic carbocycles. The van der Waals surface area contributed by atoms with Crippen molar-refractivity contribution in [1.82, 2.24) is 5.32 Å². The van der Waals surface area contributed by atoms with Crippen LogP contribution in [0.2, 0.25) is 5.02 Å². The van der Waals surface area contributed by atoms with Gasteiger partial charge in [0.1, 0.15) is 0 Å². The molecule has 3 nitrogen and oxygen atoms in total. The molecule has 0 radical (unpaired) electrons. The van der Waals surface area contributed by atoms with Crippen molar-refractivity contribution in [3.05, 3.63) is 29.3 Å². The van der Waals surface area contributed by atoms with Crippen molar-refractivity contribution in [2.75, 3.05) is 18.4 Å². The van der Waals surface area contributed by atoms with Crippen molar-refractivity contribution >= 4 is 23.2 Å². The summed E-state index contributed by atoms with van der Waals surface area (Å²) in [7, 11) is 0. The second kappa shape index (κ2) is 4.85. The molecule has 1 aliphatic heterocycles. The van der Waals surface area contributed by atoms with Gasteiger partial charge < -0.3 is 10.6 Å². The highest BCUT2D eigenvalue weighted by atomic mass is 35.5. The SMILES string of the molecule is CC1CNCC1C(=O)Nc1cccc(Cl)c1. The maximum absolute atomic E-state index is 11.9. The van der Waals surface area contributed by atoms with Gasteiger partial charge in [0.2, 0.25) is 5.91 Å². The maximum atomic E-state index is 11.9. The largest absolute Gasteiger partial charge is 0.326 e. The van der Waals surface area contributed by atoms with Crippen LogP contribution in [0.15, 0.2) is 24.3 Å². The Kier molecular flexibility index (Phi) is 3.46. The van der Waals surface area contributed by atoms with Crippen LogP contribution in [0.1, 0.15) is 6.92 Å². The Morgan fingerprint density at radius 2 is 2.31 bits per heavy atom. The molecule has 86 valence electrons. The zero-order chi connectivity index (χ0) is 11.5. The molecule has 0 aromatic heterocycles. The van der Waals surface area contributed by atoms with Gasteiger partial charge in [0, 0.05) is 17.3 Å². The smallest absolute Gasteiger partial charge is 0.229 e. The molecule has 2 atom stereocenters. The normalized spacial score (nSPS) is 24.4. The third-order valence-electron chi connectivity index (χ3n) is 2.95. The third kappa shape index (κ3) is 2.54. The van der Waals surface area contributed by atoms with E-state index in [1.807, 2.05) is 12.1 Å². The molecule has 0 spiro atoms. The Labute approximate surface area is 100 Å². The number of benzene rings is 1. The fourth-order valence-electron chi connectivity index (χ4n) is 1.96. The van der Waals surface area contributed by atoms with E-state index < -0.39 is 0 Å². The summed E-state index contributed by atoms with van der Waals surface area (Å²) < 4.78 is 0. The molecular formula is C12H15ClN2O. The van der Waals surface area contributed by atoms with E-state index >= 15 is 0 Å². The lowest BCUT2D eigenvalue weighted by atomic mass is 9.97. The quantitative estimate of drug-likeness (QED) is 0.829. The number of carbonyl (C=O) groups is 1. The Bertz CT molecular complexity index is 394. The summed E-state index contributed by atoms with van der Waals surface area (Å²) in [5.74, 6) is 0.512. The van der Waals surface area contributed by atoms with Gasteiger partial charge in [-0.2, -0.15) is 0 Å². The summed E-state index contributed by atoms with van der Waals surface area (Å²) in [6.45, 7) is 3.75. The summed E-state index contributed by atoms with van der Waals surface area (Å²) >= 11 is 5.85. The average Bonchev–Trinajstić information content (AvgIpc) is 2.64. The van der Waals surface area contributed by atoms with Gasteiger partial charge in [0.05, 0.1) is 5.92 Å². The number of amides is 1. The molecule has 16 heavy (non-hydrogen) atoms. The molecule has 1 aromatic rings. The topological polar surface area (TPSA) is 41.1 Å². The predicted octanol–water partition coefficient (Wildman–Crippen LogP) is 2.13. The fraction of sp³-hybridized carbons (Fsp3) is 0.417. The van der Waals surface area contributed by atoms with Gasteiger partial charge in [-0.05, 0) is 30.7 Å². The van der Waals surface area contributed by atoms with Gasteiger partial charge in [-0.3, -0.25) is 4.79 Å². The van der Waals surface area contributed by atoms with Crippen LogP contribution in [0, 0.1) is 11.8 Å². The molecular weight excluding hydrogens is 224 g/mol. The first-order chi connectivity index (χ1) is 7.66. The predicted molar refractivity (Wildman–Crippen MR) is 65.6 cm³/mol. The molecule has 0 saturated carbocycles. The van der Waals surface area contributed by atoms with Crippen LogP contribution in [0.25, 0.3) is 0 Å². The van der Waals surface area contributed by atoms with E-state index in [1.54, 1.807) is 12.1 Å². The lowest BCUT2D eigenvalue weighted by Crippen LogP contribution is -2.27. The average molecular weight is 239 g/mol. The molecule has 1 amide bonds. The lowest BCUT2D eigenvalue weighted by Gasteiger charge is -2.14. The van der Waals surface area contributed by atoms with E-state index in [4.69, 9.17) is 11.6 Å². The second-order valence-electron chi connectivity index (χ2n) is 4.24. The number of carbonyl (C=O) groups excluding carboxylic acids is 1. The number of hydrogen-bond acceptors (Lipinski definition) is 2. The number of halogens is 1. The molecule has 1 aliphatic rings. The van der Waals surface area contributed by atoms with Crippen molar-refractivity contribution in [1.29, 1.82) is 0 Å². The van der Waals surface area contributed by atoms with Crippen LogP contribution in [0.5, 0.6) is 0 Å². The summed E-state index contributed by atoms with van der Waals surface area (Å²) in [6, 6.07) is 7.22. The Balaban J connectivity index is 2.02. The van der Waals surface area contributed by atoms with Gasteiger partial charge in [-0.25, -0.2) is 0 Å². The minimum atomic E-state index is 0.0546.